The number of nitrogens with one attached hydrogen (secondary N) is 1. The zero-order chi connectivity index (χ0) is 7.61. The van der Waals surface area contributed by atoms with E-state index < -0.39 is 0 Å². The molecule has 1 amide bonds. The molecule has 1 rings (SSSR count). The van der Waals surface area contributed by atoms with Crippen molar-refractivity contribution >= 4 is 5.91 Å². The second-order valence-corrected chi connectivity index (χ2v) is 3.11. The van der Waals surface area contributed by atoms with E-state index >= 15 is 0 Å². The number of carbonyl (C=O) groups excluding carboxylic acids is 1. The van der Waals surface area contributed by atoms with Gasteiger partial charge in [0.05, 0.1) is 0 Å². The number of hydrogen-bond donors (Lipinski definition) is 1. The van der Waals surface area contributed by atoms with Crippen LogP contribution in [0.1, 0.15) is 39.5 Å². The van der Waals surface area contributed by atoms with Gasteiger partial charge in [0.2, 0.25) is 5.91 Å². The van der Waals surface area contributed by atoms with Crippen molar-refractivity contribution in [2.24, 2.45) is 0 Å². The van der Waals surface area contributed by atoms with Crippen LogP contribution in [0.25, 0.3) is 0 Å². The first-order chi connectivity index (χ1) is 4.72. The van der Waals surface area contributed by atoms with Crippen LogP contribution in [-0.4, -0.2) is 11.4 Å². The van der Waals surface area contributed by atoms with E-state index in [1.54, 1.807) is 0 Å². The predicted molar refractivity (Wildman–Crippen MR) is 40.7 cm³/mol. The third-order valence-electron chi connectivity index (χ3n) is 2.31. The molecular weight excluding hydrogens is 126 g/mol. The Labute approximate surface area is 62.0 Å². The summed E-state index contributed by atoms with van der Waals surface area (Å²) in [6.45, 7) is 4.29. The van der Waals surface area contributed by atoms with Gasteiger partial charge in [-0.05, 0) is 12.8 Å². The summed E-state index contributed by atoms with van der Waals surface area (Å²) in [4.78, 5) is 10.6. The average Bonchev–Trinajstić information content (AvgIpc) is 1.84. The minimum Gasteiger partial charge on any atom is -0.350 e. The lowest BCUT2D eigenvalue weighted by atomic mass is 9.81. The molecule has 1 N–H and O–H groups in total. The van der Waals surface area contributed by atoms with Crippen molar-refractivity contribution in [2.75, 3.05) is 0 Å². The lowest BCUT2D eigenvalue weighted by Gasteiger charge is -2.41. The summed E-state index contributed by atoms with van der Waals surface area (Å²) in [7, 11) is 0. The highest BCUT2D eigenvalue weighted by Gasteiger charge is 2.39. The van der Waals surface area contributed by atoms with Crippen LogP contribution in [0.3, 0.4) is 0 Å². The molecule has 0 aromatic carbocycles. The summed E-state index contributed by atoms with van der Waals surface area (Å²) in [6, 6.07) is 0. The van der Waals surface area contributed by atoms with Crippen LogP contribution in [0.4, 0.5) is 0 Å². The van der Waals surface area contributed by atoms with Gasteiger partial charge in [0, 0.05) is 12.0 Å². The van der Waals surface area contributed by atoms with Crippen LogP contribution < -0.4 is 5.32 Å². The Morgan fingerprint density at radius 2 is 2.20 bits per heavy atom. The number of carbonyl (C=O) groups is 1. The van der Waals surface area contributed by atoms with Crippen LogP contribution >= 0.6 is 0 Å². The molecule has 0 aromatic rings. The van der Waals surface area contributed by atoms with Gasteiger partial charge in [-0.1, -0.05) is 20.3 Å². The smallest absolute Gasteiger partial charge is 0.222 e. The zero-order valence-corrected chi connectivity index (χ0v) is 6.74. The summed E-state index contributed by atoms with van der Waals surface area (Å²) in [5.41, 5.74) is 0.186. The number of amides is 1. The fourth-order valence-corrected chi connectivity index (χ4v) is 1.60. The monoisotopic (exact) mass is 141 g/mol. The molecule has 0 aromatic heterocycles. The van der Waals surface area contributed by atoms with Crippen LogP contribution in [0, 0.1) is 0 Å². The maximum atomic E-state index is 10.6. The summed E-state index contributed by atoms with van der Waals surface area (Å²) in [6.07, 6.45) is 4.12. The number of hydrogen-bond acceptors (Lipinski definition) is 1. The SMILES string of the molecule is CCCC1(CC)CC(=O)N1. The van der Waals surface area contributed by atoms with Gasteiger partial charge < -0.3 is 5.32 Å². The summed E-state index contributed by atoms with van der Waals surface area (Å²) < 4.78 is 0. The first kappa shape index (κ1) is 7.58. The number of rotatable bonds is 3. The quantitative estimate of drug-likeness (QED) is 0.592. The molecule has 1 unspecified atom stereocenters. The Morgan fingerprint density at radius 1 is 1.60 bits per heavy atom. The van der Waals surface area contributed by atoms with Crippen LogP contribution in [0.2, 0.25) is 0 Å². The third kappa shape index (κ3) is 1.15. The highest BCUT2D eigenvalue weighted by molar-refractivity contribution is 5.84. The summed E-state index contributed by atoms with van der Waals surface area (Å²) in [5.74, 6) is 0.218. The third-order valence-corrected chi connectivity index (χ3v) is 2.31. The molecule has 1 atom stereocenters. The molecule has 2 heteroatoms. The molecule has 1 saturated heterocycles. The van der Waals surface area contributed by atoms with Crippen molar-refractivity contribution in [3.05, 3.63) is 0 Å². The summed E-state index contributed by atoms with van der Waals surface area (Å²) >= 11 is 0. The van der Waals surface area contributed by atoms with Crippen molar-refractivity contribution in [3.8, 4) is 0 Å². The highest BCUT2D eigenvalue weighted by atomic mass is 16.2. The second kappa shape index (κ2) is 2.60. The van der Waals surface area contributed by atoms with E-state index in [1.165, 1.54) is 0 Å². The molecule has 0 aliphatic carbocycles. The fourth-order valence-electron chi connectivity index (χ4n) is 1.60. The second-order valence-electron chi connectivity index (χ2n) is 3.11. The van der Waals surface area contributed by atoms with Crippen molar-refractivity contribution in [1.82, 2.24) is 5.32 Å². The van der Waals surface area contributed by atoms with Gasteiger partial charge in [-0.2, -0.15) is 0 Å². The van der Waals surface area contributed by atoms with Crippen LogP contribution in [-0.2, 0) is 4.79 Å². The van der Waals surface area contributed by atoms with E-state index in [2.05, 4.69) is 19.2 Å². The van der Waals surface area contributed by atoms with Gasteiger partial charge in [-0.3, -0.25) is 4.79 Å². The highest BCUT2D eigenvalue weighted by Crippen LogP contribution is 2.28. The van der Waals surface area contributed by atoms with Gasteiger partial charge in [-0.25, -0.2) is 0 Å². The normalized spacial score (nSPS) is 31.2. The van der Waals surface area contributed by atoms with Gasteiger partial charge in [0.1, 0.15) is 0 Å². The van der Waals surface area contributed by atoms with Gasteiger partial charge >= 0.3 is 0 Å². The lowest BCUT2D eigenvalue weighted by Crippen LogP contribution is -2.60. The zero-order valence-electron chi connectivity index (χ0n) is 6.74. The molecular formula is C8H15NO. The summed E-state index contributed by atoms with van der Waals surface area (Å²) in [5, 5.41) is 2.97. The molecule has 1 heterocycles. The van der Waals surface area contributed by atoms with Gasteiger partial charge in [0.15, 0.2) is 0 Å². The maximum absolute atomic E-state index is 10.6. The fraction of sp³-hybridized carbons (Fsp3) is 0.875. The number of β-lactam (4-membered cyclic amide) rings is 1. The van der Waals surface area contributed by atoms with E-state index in [1.807, 2.05) is 0 Å². The molecule has 10 heavy (non-hydrogen) atoms. The minimum absolute atomic E-state index is 0.186. The van der Waals surface area contributed by atoms with Crippen LogP contribution in [0.5, 0.6) is 0 Å². The van der Waals surface area contributed by atoms with E-state index in [-0.39, 0.29) is 11.4 Å². The molecule has 2 nitrogen and oxygen atoms in total. The molecule has 0 saturated carbocycles. The predicted octanol–water partition coefficient (Wildman–Crippen LogP) is 1.46. The van der Waals surface area contributed by atoms with Crippen molar-refractivity contribution in [1.29, 1.82) is 0 Å². The first-order valence-electron chi connectivity index (χ1n) is 4.03. The molecule has 58 valence electrons. The van der Waals surface area contributed by atoms with E-state index in [0.29, 0.717) is 0 Å². The largest absolute Gasteiger partial charge is 0.350 e. The van der Waals surface area contributed by atoms with E-state index in [0.717, 1.165) is 25.7 Å². The molecule has 1 aliphatic rings. The van der Waals surface area contributed by atoms with Crippen molar-refractivity contribution in [2.45, 2.75) is 45.1 Å². The average molecular weight is 141 g/mol. The topological polar surface area (TPSA) is 29.1 Å². The maximum Gasteiger partial charge on any atom is 0.222 e. The Bertz CT molecular complexity index is 134. The van der Waals surface area contributed by atoms with Crippen LogP contribution in [0.15, 0.2) is 0 Å². The Morgan fingerprint density at radius 3 is 2.50 bits per heavy atom. The van der Waals surface area contributed by atoms with Gasteiger partial charge in [-0.15, -0.1) is 0 Å². The van der Waals surface area contributed by atoms with Crippen molar-refractivity contribution < 1.29 is 4.79 Å². The Hall–Kier alpha value is -0.530. The molecule has 0 bridgehead atoms. The molecule has 0 spiro atoms. The van der Waals surface area contributed by atoms with Gasteiger partial charge in [0.25, 0.3) is 0 Å². The lowest BCUT2D eigenvalue weighted by molar-refractivity contribution is -0.133. The Balaban J connectivity index is 2.39. The van der Waals surface area contributed by atoms with E-state index in [9.17, 15) is 4.79 Å². The molecule has 0 radical (unpaired) electrons. The molecule has 1 fully saturated rings. The molecule has 1 aliphatic heterocycles. The van der Waals surface area contributed by atoms with Crippen molar-refractivity contribution in [3.63, 3.8) is 0 Å². The minimum atomic E-state index is 0.186. The standard InChI is InChI=1S/C8H15NO/c1-3-5-8(4-2)6-7(10)9-8/h3-6H2,1-2H3,(H,9,10). The van der Waals surface area contributed by atoms with E-state index in [4.69, 9.17) is 0 Å². The first-order valence-corrected chi connectivity index (χ1v) is 4.03. The Kier molecular flexibility index (Phi) is 1.97.